The van der Waals surface area contributed by atoms with Crippen LogP contribution in [0, 0.1) is 0 Å². The van der Waals surface area contributed by atoms with Crippen molar-refractivity contribution in [2.45, 2.75) is 12.3 Å². The van der Waals surface area contributed by atoms with E-state index in [4.69, 9.17) is 24.0 Å². The van der Waals surface area contributed by atoms with Crippen LogP contribution < -0.4 is 11.1 Å². The molecular weight excluding hydrogens is 631 g/mol. The molecule has 0 spiro atoms. The fourth-order valence-electron chi connectivity index (χ4n) is 7.33. The van der Waals surface area contributed by atoms with Crippen molar-refractivity contribution < 1.29 is 13.3 Å². The summed E-state index contributed by atoms with van der Waals surface area (Å²) in [6, 6.07) is 51.2. The number of hydrogen-bond donors (Lipinski definition) is 2. The molecule has 2 unspecified atom stereocenters. The minimum absolute atomic E-state index is 0.393. The maximum atomic E-state index is 6.95. The van der Waals surface area contributed by atoms with E-state index in [1.54, 1.807) is 0 Å². The lowest BCUT2D eigenvalue weighted by molar-refractivity contribution is 0.467. The third-order valence-corrected chi connectivity index (χ3v) is 9.80. The lowest BCUT2D eigenvalue weighted by Gasteiger charge is -2.21. The van der Waals surface area contributed by atoms with E-state index < -0.39 is 12.3 Å². The summed E-state index contributed by atoms with van der Waals surface area (Å²) in [5, 5.41) is 9.94. The summed E-state index contributed by atoms with van der Waals surface area (Å²) in [7, 11) is 0. The van der Waals surface area contributed by atoms with Gasteiger partial charge >= 0.3 is 0 Å². The smallest absolute Gasteiger partial charge is 0.143 e. The number of furan rings is 3. The zero-order chi connectivity index (χ0) is 33.9. The normalized spacial score (nSPS) is 13.4. The van der Waals surface area contributed by atoms with E-state index in [0.29, 0.717) is 0 Å². The van der Waals surface area contributed by atoms with Crippen LogP contribution in [0.3, 0.4) is 0 Å². The molecule has 10 aromatic rings. The van der Waals surface area contributed by atoms with Crippen molar-refractivity contribution in [1.29, 1.82) is 0 Å². The molecule has 0 aliphatic heterocycles. The van der Waals surface area contributed by atoms with Gasteiger partial charge < -0.3 is 19.0 Å². The molecule has 10 rings (SSSR count). The van der Waals surface area contributed by atoms with Crippen LogP contribution in [0.2, 0.25) is 0 Å². The highest BCUT2D eigenvalue weighted by Crippen LogP contribution is 2.42. The molecule has 244 valence electrons. The molecule has 0 radical (unpaired) electrons. The van der Waals surface area contributed by atoms with Gasteiger partial charge in [0.2, 0.25) is 0 Å². The van der Waals surface area contributed by atoms with Gasteiger partial charge in [-0.2, -0.15) is 0 Å². The molecule has 0 aliphatic rings. The molecular formula is C45H31N3O3. The Balaban J connectivity index is 1.02. The second kappa shape index (κ2) is 11.8. The second-order valence-corrected chi connectivity index (χ2v) is 12.9. The van der Waals surface area contributed by atoms with Crippen molar-refractivity contribution >= 4 is 72.0 Å². The molecule has 2 atom stereocenters. The zero-order valence-electron chi connectivity index (χ0n) is 27.4. The topological polar surface area (TPSA) is 89.8 Å². The van der Waals surface area contributed by atoms with Crippen molar-refractivity contribution in [3.8, 4) is 11.1 Å². The molecule has 51 heavy (non-hydrogen) atoms. The SMILES string of the molecule is NC(NC(/N=C/c1ccc2oc3ccccc3c2c1)c1ccccc1)c1ccc2oc3cccc(-c4cccc5c4oc4ccccc45)c3c2c1. The highest BCUT2D eigenvalue weighted by atomic mass is 16.3. The lowest BCUT2D eigenvalue weighted by Crippen LogP contribution is -2.31. The van der Waals surface area contributed by atoms with Crippen molar-refractivity contribution in [2.75, 3.05) is 0 Å². The lowest BCUT2D eigenvalue weighted by atomic mass is 9.97. The van der Waals surface area contributed by atoms with Crippen LogP contribution in [-0.2, 0) is 0 Å². The largest absolute Gasteiger partial charge is 0.456 e. The second-order valence-electron chi connectivity index (χ2n) is 12.9. The number of nitrogens with two attached hydrogens (primary N) is 1. The summed E-state index contributed by atoms with van der Waals surface area (Å²) in [5.74, 6) is 0. The molecule has 6 nitrogen and oxygen atoms in total. The van der Waals surface area contributed by atoms with E-state index in [1.165, 1.54) is 0 Å². The number of para-hydroxylation sites is 3. The Morgan fingerprint density at radius 2 is 1.12 bits per heavy atom. The number of nitrogens with one attached hydrogen (secondary N) is 1. The average Bonchev–Trinajstić information content (AvgIpc) is 3.87. The molecule has 0 fully saturated rings. The van der Waals surface area contributed by atoms with Crippen molar-refractivity contribution in [2.24, 2.45) is 10.7 Å². The summed E-state index contributed by atoms with van der Waals surface area (Å²) in [5.41, 5.74) is 17.0. The Morgan fingerprint density at radius 3 is 1.98 bits per heavy atom. The van der Waals surface area contributed by atoms with Gasteiger partial charge in [0.1, 0.15) is 39.7 Å². The minimum Gasteiger partial charge on any atom is -0.456 e. The van der Waals surface area contributed by atoms with E-state index in [1.807, 2.05) is 97.2 Å². The number of rotatable bonds is 7. The van der Waals surface area contributed by atoms with Gasteiger partial charge in [0.25, 0.3) is 0 Å². The zero-order valence-corrected chi connectivity index (χ0v) is 27.4. The number of fused-ring (bicyclic) bond motifs is 9. The van der Waals surface area contributed by atoms with Gasteiger partial charge in [-0.05, 0) is 70.8 Å². The van der Waals surface area contributed by atoms with Crippen LogP contribution in [0.4, 0.5) is 0 Å². The highest BCUT2D eigenvalue weighted by molar-refractivity contribution is 6.17. The molecule has 0 bridgehead atoms. The standard InChI is InChI=1S/C45H31N3O3/c46-44(48-45(28-10-2-1-3-11-28)47-26-27-20-22-39-35(24-27)31-13-5-6-17-37(31)49-39)29-21-23-40-36(25-29)42-32(14-9-19-41(42)50-40)34-16-8-15-33-30-12-4-7-18-38(30)51-43(33)34/h1-26,44-45,48H,46H2/b47-26+. The fraction of sp³-hybridized carbons (Fsp3) is 0.0444. The minimum atomic E-state index is -0.520. The summed E-state index contributed by atoms with van der Waals surface area (Å²) in [4.78, 5) is 5.03. The number of aliphatic imine (C=N–C) groups is 1. The Labute approximate surface area is 292 Å². The Bertz CT molecular complexity index is 2930. The maximum absolute atomic E-state index is 6.95. The summed E-state index contributed by atoms with van der Waals surface area (Å²) in [6.07, 6.45) is 0.986. The van der Waals surface area contributed by atoms with Crippen LogP contribution in [0.15, 0.2) is 170 Å². The molecule has 3 aromatic heterocycles. The van der Waals surface area contributed by atoms with Crippen LogP contribution in [0.1, 0.15) is 29.0 Å². The number of benzene rings is 7. The maximum Gasteiger partial charge on any atom is 0.143 e. The van der Waals surface area contributed by atoms with Gasteiger partial charge in [0.05, 0.1) is 6.17 Å². The molecule has 0 saturated carbocycles. The van der Waals surface area contributed by atoms with E-state index in [9.17, 15) is 0 Å². The predicted octanol–water partition coefficient (Wildman–Crippen LogP) is 11.4. The van der Waals surface area contributed by atoms with Crippen LogP contribution in [-0.4, -0.2) is 6.21 Å². The van der Waals surface area contributed by atoms with Gasteiger partial charge in [-0.25, -0.2) is 0 Å². The average molecular weight is 662 g/mol. The fourth-order valence-corrected chi connectivity index (χ4v) is 7.33. The van der Waals surface area contributed by atoms with Crippen molar-refractivity contribution in [3.05, 3.63) is 168 Å². The molecule has 6 heteroatoms. The number of hydrogen-bond acceptors (Lipinski definition) is 6. The summed E-state index contributed by atoms with van der Waals surface area (Å²) < 4.78 is 18.9. The Morgan fingerprint density at radius 1 is 0.490 bits per heavy atom. The van der Waals surface area contributed by atoms with Gasteiger partial charge in [-0.15, -0.1) is 0 Å². The van der Waals surface area contributed by atoms with E-state index >= 15 is 0 Å². The van der Waals surface area contributed by atoms with Gasteiger partial charge in [-0.3, -0.25) is 10.3 Å². The van der Waals surface area contributed by atoms with Gasteiger partial charge in [0.15, 0.2) is 0 Å². The van der Waals surface area contributed by atoms with Crippen molar-refractivity contribution in [3.63, 3.8) is 0 Å². The molecule has 0 saturated heterocycles. The first kappa shape index (κ1) is 29.4. The van der Waals surface area contributed by atoms with E-state index in [2.05, 4.69) is 66.0 Å². The highest BCUT2D eigenvalue weighted by Gasteiger charge is 2.20. The molecule has 3 N–H and O–H groups in total. The first-order chi connectivity index (χ1) is 25.2. The summed E-state index contributed by atoms with van der Waals surface area (Å²) >= 11 is 0. The Hall–Kier alpha value is -6.47. The third kappa shape index (κ3) is 5.00. The summed E-state index contributed by atoms with van der Waals surface area (Å²) in [6.45, 7) is 0. The first-order valence-electron chi connectivity index (χ1n) is 17.0. The predicted molar refractivity (Wildman–Crippen MR) is 207 cm³/mol. The van der Waals surface area contributed by atoms with Crippen LogP contribution in [0.25, 0.3) is 76.9 Å². The van der Waals surface area contributed by atoms with E-state index in [0.717, 1.165) is 93.6 Å². The van der Waals surface area contributed by atoms with Gasteiger partial charge in [-0.1, -0.05) is 103 Å². The molecule has 7 aromatic carbocycles. The van der Waals surface area contributed by atoms with Crippen LogP contribution in [0.5, 0.6) is 0 Å². The molecule has 0 amide bonds. The van der Waals surface area contributed by atoms with Crippen molar-refractivity contribution in [1.82, 2.24) is 5.32 Å². The quantitative estimate of drug-likeness (QED) is 0.131. The molecule has 3 heterocycles. The first-order valence-corrected chi connectivity index (χ1v) is 17.0. The third-order valence-electron chi connectivity index (χ3n) is 9.80. The Kier molecular flexibility index (Phi) is 6.84. The van der Waals surface area contributed by atoms with E-state index in [-0.39, 0.29) is 0 Å². The molecule has 0 aliphatic carbocycles. The monoisotopic (exact) mass is 661 g/mol. The number of nitrogens with zero attached hydrogens (tertiary/aromatic N) is 1. The van der Waals surface area contributed by atoms with Gasteiger partial charge in [0, 0.05) is 44.1 Å². The van der Waals surface area contributed by atoms with Crippen LogP contribution >= 0.6 is 0 Å².